The predicted molar refractivity (Wildman–Crippen MR) is 85.7 cm³/mol. The Morgan fingerprint density at radius 2 is 2.10 bits per heavy atom. The average Bonchev–Trinajstić information content (AvgIpc) is 2.87. The molecule has 0 radical (unpaired) electrons. The summed E-state index contributed by atoms with van der Waals surface area (Å²) in [6.07, 6.45) is 0.603. The number of carbonyl (C=O) groups excluding carboxylic acids is 1. The van der Waals surface area contributed by atoms with E-state index in [2.05, 4.69) is 54.2 Å². The molecule has 0 saturated carbocycles. The summed E-state index contributed by atoms with van der Waals surface area (Å²) >= 11 is 3.57. The molecule has 1 heterocycles. The second kappa shape index (κ2) is 6.36. The highest BCUT2D eigenvalue weighted by Crippen LogP contribution is 2.32. The van der Waals surface area contributed by atoms with Crippen molar-refractivity contribution in [2.75, 3.05) is 13.7 Å². The number of rotatable bonds is 3. The lowest BCUT2D eigenvalue weighted by Crippen LogP contribution is -2.31. The monoisotopic (exact) mass is 355 g/mol. The van der Waals surface area contributed by atoms with Crippen LogP contribution < -0.4 is 10.1 Å². The van der Waals surface area contributed by atoms with E-state index in [1.807, 2.05) is 6.07 Å². The van der Waals surface area contributed by atoms with Gasteiger partial charge < -0.3 is 14.8 Å². The van der Waals surface area contributed by atoms with Gasteiger partial charge in [0.1, 0.15) is 17.9 Å². The lowest BCUT2D eigenvalue weighted by molar-refractivity contribution is -0.142. The molecule has 1 aromatic rings. The molecule has 1 aliphatic heterocycles. The van der Waals surface area contributed by atoms with Crippen molar-refractivity contribution < 1.29 is 14.3 Å². The first-order chi connectivity index (χ1) is 9.81. The van der Waals surface area contributed by atoms with Gasteiger partial charge in [0.05, 0.1) is 11.6 Å². The van der Waals surface area contributed by atoms with Gasteiger partial charge in [-0.05, 0) is 39.0 Å². The maximum atomic E-state index is 11.5. The molecule has 116 valence electrons. The van der Waals surface area contributed by atoms with E-state index in [0.717, 1.165) is 10.2 Å². The maximum Gasteiger partial charge on any atom is 0.323 e. The van der Waals surface area contributed by atoms with Crippen molar-refractivity contribution in [3.05, 3.63) is 28.2 Å². The fourth-order valence-corrected chi connectivity index (χ4v) is 2.83. The molecular weight excluding hydrogens is 334 g/mol. The van der Waals surface area contributed by atoms with Crippen molar-refractivity contribution in [2.45, 2.75) is 44.8 Å². The Hall–Kier alpha value is -1.07. The summed E-state index contributed by atoms with van der Waals surface area (Å²) in [7, 11) is 1.40. The molecule has 0 aliphatic carbocycles. The molecule has 1 aromatic carbocycles. The van der Waals surface area contributed by atoms with Gasteiger partial charge in [0.2, 0.25) is 0 Å². The number of methoxy groups -OCH3 is 1. The standard InChI is InChI=1S/C16H22BrNO3/c1-16(2,3)10-5-6-14(12(17)7-10)21-11-8-13(18-9-11)15(19)20-4/h5-7,11,13,18H,8-9H2,1-4H3/t11-,13-/m0/s1. The maximum absolute atomic E-state index is 11.5. The zero-order valence-electron chi connectivity index (χ0n) is 12.9. The van der Waals surface area contributed by atoms with Crippen LogP contribution >= 0.6 is 15.9 Å². The van der Waals surface area contributed by atoms with Crippen LogP contribution in [0, 0.1) is 0 Å². The summed E-state index contributed by atoms with van der Waals surface area (Å²) in [4.78, 5) is 11.5. The molecule has 1 N–H and O–H groups in total. The van der Waals surface area contributed by atoms with E-state index in [9.17, 15) is 4.79 Å². The van der Waals surface area contributed by atoms with E-state index in [0.29, 0.717) is 13.0 Å². The Bertz CT molecular complexity index is 525. The number of benzene rings is 1. The molecule has 0 unspecified atom stereocenters. The van der Waals surface area contributed by atoms with Gasteiger partial charge in [-0.3, -0.25) is 4.79 Å². The van der Waals surface area contributed by atoms with Crippen molar-refractivity contribution >= 4 is 21.9 Å². The van der Waals surface area contributed by atoms with Crippen LogP contribution in [0.15, 0.2) is 22.7 Å². The molecule has 0 amide bonds. The van der Waals surface area contributed by atoms with Gasteiger partial charge >= 0.3 is 5.97 Å². The van der Waals surface area contributed by atoms with E-state index in [1.54, 1.807) is 0 Å². The summed E-state index contributed by atoms with van der Waals surface area (Å²) in [5.41, 5.74) is 1.35. The smallest absolute Gasteiger partial charge is 0.323 e. The Morgan fingerprint density at radius 3 is 2.67 bits per heavy atom. The zero-order valence-corrected chi connectivity index (χ0v) is 14.5. The summed E-state index contributed by atoms with van der Waals surface area (Å²) in [6.45, 7) is 7.18. The predicted octanol–water partition coefficient (Wildman–Crippen LogP) is 3.03. The molecule has 0 spiro atoms. The van der Waals surface area contributed by atoms with Crippen LogP contribution in [0.4, 0.5) is 0 Å². The highest BCUT2D eigenvalue weighted by Gasteiger charge is 2.31. The minimum absolute atomic E-state index is 0.0223. The molecule has 21 heavy (non-hydrogen) atoms. The Labute approximate surface area is 134 Å². The van der Waals surface area contributed by atoms with E-state index in [1.165, 1.54) is 12.7 Å². The summed E-state index contributed by atoms with van der Waals surface area (Å²) < 4.78 is 11.7. The normalized spacial score (nSPS) is 22.1. The molecular formula is C16H22BrNO3. The Kier molecular flexibility index (Phi) is 4.94. The van der Waals surface area contributed by atoms with Crippen LogP contribution in [-0.4, -0.2) is 31.8 Å². The molecule has 2 rings (SSSR count). The first-order valence-corrected chi connectivity index (χ1v) is 7.88. The van der Waals surface area contributed by atoms with Crippen molar-refractivity contribution in [3.8, 4) is 5.75 Å². The van der Waals surface area contributed by atoms with Crippen LogP contribution in [0.5, 0.6) is 5.75 Å². The fraction of sp³-hybridized carbons (Fsp3) is 0.562. The lowest BCUT2D eigenvalue weighted by Gasteiger charge is -2.21. The first kappa shape index (κ1) is 16.3. The van der Waals surface area contributed by atoms with Crippen molar-refractivity contribution in [2.24, 2.45) is 0 Å². The highest BCUT2D eigenvalue weighted by molar-refractivity contribution is 9.10. The van der Waals surface area contributed by atoms with Gasteiger partial charge in [-0.25, -0.2) is 0 Å². The molecule has 4 nitrogen and oxygen atoms in total. The highest BCUT2D eigenvalue weighted by atomic mass is 79.9. The minimum atomic E-state index is -0.271. The fourth-order valence-electron chi connectivity index (χ4n) is 2.36. The Morgan fingerprint density at radius 1 is 1.38 bits per heavy atom. The van der Waals surface area contributed by atoms with E-state index < -0.39 is 0 Å². The number of halogens is 1. The van der Waals surface area contributed by atoms with Crippen LogP contribution in [0.3, 0.4) is 0 Å². The zero-order chi connectivity index (χ0) is 15.6. The number of esters is 1. The number of hydrogen-bond acceptors (Lipinski definition) is 4. The lowest BCUT2D eigenvalue weighted by atomic mass is 9.87. The number of hydrogen-bond donors (Lipinski definition) is 1. The quantitative estimate of drug-likeness (QED) is 0.846. The Balaban J connectivity index is 2.03. The topological polar surface area (TPSA) is 47.6 Å². The van der Waals surface area contributed by atoms with Gasteiger partial charge in [0.25, 0.3) is 0 Å². The summed E-state index contributed by atoms with van der Waals surface area (Å²) in [6, 6.07) is 5.89. The molecule has 5 heteroatoms. The largest absolute Gasteiger partial charge is 0.488 e. The summed E-state index contributed by atoms with van der Waals surface area (Å²) in [5, 5.41) is 3.12. The van der Waals surface area contributed by atoms with Crippen molar-refractivity contribution in [3.63, 3.8) is 0 Å². The SMILES string of the molecule is COC(=O)[C@@H]1C[C@H](Oc2ccc(C(C)(C)C)cc2Br)CN1. The van der Waals surface area contributed by atoms with Gasteiger partial charge in [-0.1, -0.05) is 26.8 Å². The van der Waals surface area contributed by atoms with E-state index in [-0.39, 0.29) is 23.5 Å². The minimum Gasteiger partial charge on any atom is -0.488 e. The van der Waals surface area contributed by atoms with Crippen LogP contribution in [0.2, 0.25) is 0 Å². The molecule has 1 saturated heterocycles. The van der Waals surface area contributed by atoms with E-state index in [4.69, 9.17) is 9.47 Å². The third-order valence-electron chi connectivity index (χ3n) is 3.67. The second-order valence-corrected chi connectivity index (χ2v) is 7.21. The van der Waals surface area contributed by atoms with Crippen LogP contribution in [0.1, 0.15) is 32.8 Å². The number of nitrogens with one attached hydrogen (secondary N) is 1. The van der Waals surface area contributed by atoms with Gasteiger partial charge in [0, 0.05) is 13.0 Å². The van der Waals surface area contributed by atoms with E-state index >= 15 is 0 Å². The second-order valence-electron chi connectivity index (χ2n) is 6.35. The molecule has 1 fully saturated rings. The molecule has 0 bridgehead atoms. The third kappa shape index (κ3) is 3.98. The average molecular weight is 356 g/mol. The van der Waals surface area contributed by atoms with Crippen LogP contribution in [0.25, 0.3) is 0 Å². The van der Waals surface area contributed by atoms with Gasteiger partial charge in [-0.2, -0.15) is 0 Å². The molecule has 0 aromatic heterocycles. The number of ether oxygens (including phenoxy) is 2. The van der Waals surface area contributed by atoms with Crippen molar-refractivity contribution in [1.82, 2.24) is 5.32 Å². The van der Waals surface area contributed by atoms with Crippen LogP contribution in [-0.2, 0) is 14.9 Å². The summed E-state index contributed by atoms with van der Waals surface area (Å²) in [5.74, 6) is 0.573. The van der Waals surface area contributed by atoms with Gasteiger partial charge in [0.15, 0.2) is 0 Å². The molecule has 1 aliphatic rings. The number of carbonyl (C=O) groups is 1. The molecule has 2 atom stereocenters. The first-order valence-electron chi connectivity index (χ1n) is 7.09. The van der Waals surface area contributed by atoms with Gasteiger partial charge in [-0.15, -0.1) is 0 Å². The van der Waals surface area contributed by atoms with Crippen molar-refractivity contribution in [1.29, 1.82) is 0 Å². The third-order valence-corrected chi connectivity index (χ3v) is 4.29.